The number of nitro groups is 1. The summed E-state index contributed by atoms with van der Waals surface area (Å²) in [5.74, 6) is -3.01. The number of nitro benzene ring substituents is 1. The van der Waals surface area contributed by atoms with Crippen LogP contribution < -0.4 is 5.32 Å². The number of rotatable bonds is 8. The minimum absolute atomic E-state index is 0.239. The van der Waals surface area contributed by atoms with Crippen molar-refractivity contribution in [1.29, 1.82) is 0 Å². The van der Waals surface area contributed by atoms with Gasteiger partial charge in [-0.05, 0) is 18.9 Å². The molecule has 0 saturated carbocycles. The molecular weight excluding hydrogens is 306 g/mol. The Hall–Kier alpha value is -1.76. The molecule has 0 aliphatic heterocycles. The fourth-order valence-electron chi connectivity index (χ4n) is 1.75. The van der Waals surface area contributed by atoms with Crippen LogP contribution in [0.5, 0.6) is 0 Å². The lowest BCUT2D eigenvalue weighted by Crippen LogP contribution is -2.26. The van der Waals surface area contributed by atoms with Crippen molar-refractivity contribution in [2.45, 2.75) is 25.7 Å². The van der Waals surface area contributed by atoms with Crippen molar-refractivity contribution in [1.82, 2.24) is 5.32 Å². The predicted octanol–water partition coefficient (Wildman–Crippen LogP) is 3.40. The molecule has 0 atom stereocenters. The number of nitrogens with one attached hydrogen (secondary N) is 1. The highest BCUT2D eigenvalue weighted by atomic mass is 35.5. The van der Waals surface area contributed by atoms with Gasteiger partial charge in [0.15, 0.2) is 0 Å². The molecule has 0 heterocycles. The molecule has 0 aliphatic rings. The Balaban J connectivity index is 2.66. The van der Waals surface area contributed by atoms with E-state index >= 15 is 0 Å². The Kier molecular flexibility index (Phi) is 7.01. The number of hydrogen-bond acceptors (Lipinski definition) is 3. The summed E-state index contributed by atoms with van der Waals surface area (Å²) in [5.41, 5.74) is -1.85. The summed E-state index contributed by atoms with van der Waals surface area (Å²) >= 11 is 5.51. The first-order valence-corrected chi connectivity index (χ1v) is 6.99. The zero-order valence-corrected chi connectivity index (χ0v) is 12.0. The smallest absolute Gasteiger partial charge is 0.305 e. The molecule has 0 aromatic heterocycles. The minimum Gasteiger partial charge on any atom is -0.352 e. The maximum atomic E-state index is 13.8. The molecule has 0 aliphatic carbocycles. The van der Waals surface area contributed by atoms with E-state index in [9.17, 15) is 23.7 Å². The van der Waals surface area contributed by atoms with Gasteiger partial charge < -0.3 is 5.32 Å². The molecule has 0 saturated heterocycles. The molecule has 116 valence electrons. The molecule has 0 bridgehead atoms. The van der Waals surface area contributed by atoms with Crippen molar-refractivity contribution in [2.24, 2.45) is 0 Å². The summed E-state index contributed by atoms with van der Waals surface area (Å²) in [7, 11) is 0. The second-order valence-electron chi connectivity index (χ2n) is 4.37. The van der Waals surface area contributed by atoms with Crippen molar-refractivity contribution in [3.63, 3.8) is 0 Å². The second kappa shape index (κ2) is 8.51. The van der Waals surface area contributed by atoms with Gasteiger partial charge in [-0.2, -0.15) is 4.39 Å². The van der Waals surface area contributed by atoms with Crippen LogP contribution in [-0.2, 0) is 0 Å². The molecule has 1 N–H and O–H groups in total. The van der Waals surface area contributed by atoms with Crippen LogP contribution in [0.1, 0.15) is 36.0 Å². The van der Waals surface area contributed by atoms with E-state index in [1.165, 1.54) is 0 Å². The normalized spacial score (nSPS) is 10.4. The van der Waals surface area contributed by atoms with Gasteiger partial charge in [-0.1, -0.05) is 12.8 Å². The average Bonchev–Trinajstić information content (AvgIpc) is 2.42. The summed E-state index contributed by atoms with van der Waals surface area (Å²) in [6.07, 6.45) is 3.23. The van der Waals surface area contributed by atoms with Crippen LogP contribution in [0.15, 0.2) is 12.1 Å². The van der Waals surface area contributed by atoms with Crippen molar-refractivity contribution < 1.29 is 18.5 Å². The standard InChI is InChI=1S/C13H15ClF2N2O3/c14-7-3-1-2-4-8-17-13(19)11-9(15)5-6-10(12(11)16)18(20)21/h5-6H,1-4,7-8H2,(H,17,19). The number of unbranched alkanes of at least 4 members (excludes halogenated alkanes) is 3. The van der Waals surface area contributed by atoms with Gasteiger partial charge in [-0.15, -0.1) is 11.6 Å². The Morgan fingerprint density at radius 3 is 2.52 bits per heavy atom. The summed E-state index contributed by atoms with van der Waals surface area (Å²) in [6, 6.07) is 1.39. The molecule has 1 rings (SSSR count). The quantitative estimate of drug-likeness (QED) is 0.345. The molecule has 1 amide bonds. The maximum absolute atomic E-state index is 13.8. The van der Waals surface area contributed by atoms with Crippen LogP contribution in [0.3, 0.4) is 0 Å². The largest absolute Gasteiger partial charge is 0.352 e. The van der Waals surface area contributed by atoms with E-state index < -0.39 is 33.7 Å². The number of nitrogens with zero attached hydrogens (tertiary/aromatic N) is 1. The second-order valence-corrected chi connectivity index (χ2v) is 4.75. The molecular formula is C13H15ClF2N2O3. The molecule has 5 nitrogen and oxygen atoms in total. The van der Waals surface area contributed by atoms with E-state index in [1.54, 1.807) is 0 Å². The van der Waals surface area contributed by atoms with Crippen LogP contribution in [0.2, 0.25) is 0 Å². The highest BCUT2D eigenvalue weighted by Crippen LogP contribution is 2.22. The van der Waals surface area contributed by atoms with Gasteiger partial charge in [-0.25, -0.2) is 4.39 Å². The molecule has 1 aromatic carbocycles. The van der Waals surface area contributed by atoms with Crippen LogP contribution >= 0.6 is 11.6 Å². The van der Waals surface area contributed by atoms with E-state index in [0.717, 1.165) is 19.3 Å². The van der Waals surface area contributed by atoms with Crippen LogP contribution in [0.4, 0.5) is 14.5 Å². The molecule has 0 spiro atoms. The summed E-state index contributed by atoms with van der Waals surface area (Å²) in [5, 5.41) is 12.9. The summed E-state index contributed by atoms with van der Waals surface area (Å²) in [6.45, 7) is 0.239. The van der Waals surface area contributed by atoms with Gasteiger partial charge in [-0.3, -0.25) is 14.9 Å². The molecule has 0 unspecified atom stereocenters. The molecule has 0 fully saturated rings. The lowest BCUT2D eigenvalue weighted by molar-refractivity contribution is -0.387. The van der Waals surface area contributed by atoms with Gasteiger partial charge in [0.2, 0.25) is 5.82 Å². The van der Waals surface area contributed by atoms with E-state index in [-0.39, 0.29) is 6.54 Å². The SMILES string of the molecule is O=C(NCCCCCCCl)c1c(F)ccc([N+](=O)[O-])c1F. The first-order chi connectivity index (χ1) is 9.99. The van der Waals surface area contributed by atoms with Crippen LogP contribution in [0, 0.1) is 21.7 Å². The van der Waals surface area contributed by atoms with E-state index in [4.69, 9.17) is 11.6 Å². The van der Waals surface area contributed by atoms with Crippen LogP contribution in [-0.4, -0.2) is 23.3 Å². The number of alkyl halides is 1. The first-order valence-electron chi connectivity index (χ1n) is 6.45. The number of carbonyl (C=O) groups is 1. The fourth-order valence-corrected chi connectivity index (χ4v) is 1.94. The lowest BCUT2D eigenvalue weighted by atomic mass is 10.1. The topological polar surface area (TPSA) is 72.2 Å². The van der Waals surface area contributed by atoms with Crippen molar-refractivity contribution in [3.05, 3.63) is 39.4 Å². The fraction of sp³-hybridized carbons (Fsp3) is 0.462. The van der Waals surface area contributed by atoms with Gasteiger partial charge in [0.25, 0.3) is 5.91 Å². The van der Waals surface area contributed by atoms with Crippen molar-refractivity contribution in [3.8, 4) is 0 Å². The third-order valence-electron chi connectivity index (χ3n) is 2.84. The Morgan fingerprint density at radius 1 is 1.24 bits per heavy atom. The monoisotopic (exact) mass is 320 g/mol. The first kappa shape index (κ1) is 17.3. The summed E-state index contributed by atoms with van der Waals surface area (Å²) < 4.78 is 27.2. The number of benzene rings is 1. The third-order valence-corrected chi connectivity index (χ3v) is 3.11. The van der Waals surface area contributed by atoms with Gasteiger partial charge in [0, 0.05) is 18.5 Å². The average molecular weight is 321 g/mol. The summed E-state index contributed by atoms with van der Waals surface area (Å²) in [4.78, 5) is 21.3. The van der Waals surface area contributed by atoms with Gasteiger partial charge in [0.05, 0.1) is 4.92 Å². The Labute approximate surface area is 125 Å². The molecule has 0 radical (unpaired) electrons. The Morgan fingerprint density at radius 2 is 1.90 bits per heavy atom. The van der Waals surface area contributed by atoms with Crippen molar-refractivity contribution >= 4 is 23.2 Å². The van der Waals surface area contributed by atoms with Gasteiger partial charge in [0.1, 0.15) is 11.4 Å². The van der Waals surface area contributed by atoms with Gasteiger partial charge >= 0.3 is 5.69 Å². The van der Waals surface area contributed by atoms with E-state index in [2.05, 4.69) is 5.32 Å². The number of hydrogen-bond donors (Lipinski definition) is 1. The minimum atomic E-state index is -1.46. The molecule has 1 aromatic rings. The lowest BCUT2D eigenvalue weighted by Gasteiger charge is -2.07. The number of amides is 1. The predicted molar refractivity (Wildman–Crippen MR) is 74.5 cm³/mol. The number of carbonyl (C=O) groups excluding carboxylic acids is 1. The van der Waals surface area contributed by atoms with Crippen molar-refractivity contribution in [2.75, 3.05) is 12.4 Å². The highest BCUT2D eigenvalue weighted by molar-refractivity contribution is 6.17. The maximum Gasteiger partial charge on any atom is 0.305 e. The van der Waals surface area contributed by atoms with E-state index in [1.807, 2.05) is 0 Å². The van der Waals surface area contributed by atoms with Crippen LogP contribution in [0.25, 0.3) is 0 Å². The van der Waals surface area contributed by atoms with E-state index in [0.29, 0.717) is 24.4 Å². The molecule has 8 heteroatoms. The zero-order valence-electron chi connectivity index (χ0n) is 11.2. The highest BCUT2D eigenvalue weighted by Gasteiger charge is 2.25. The Bertz CT molecular complexity index is 526. The third kappa shape index (κ3) is 4.93. The molecule has 21 heavy (non-hydrogen) atoms. The number of halogens is 3. The zero-order chi connectivity index (χ0) is 15.8.